The second-order valence-electron chi connectivity index (χ2n) is 32.7. The molecule has 0 aromatic heterocycles. The lowest BCUT2D eigenvalue weighted by atomic mass is 9.72. The Balaban J connectivity index is 0.786. The topological polar surface area (TPSA) is 552 Å². The maximum atomic E-state index is 13.6. The van der Waals surface area contributed by atoms with Gasteiger partial charge in [-0.1, -0.05) is 24.3 Å². The van der Waals surface area contributed by atoms with Crippen LogP contribution in [0.3, 0.4) is 0 Å². The molecule has 0 bridgehead atoms. The highest BCUT2D eigenvalue weighted by Crippen LogP contribution is 2.45. The molecule has 17 N–H and O–H groups in total. The van der Waals surface area contributed by atoms with Crippen LogP contribution in [0.2, 0.25) is 0 Å². The molecule has 6 aliphatic carbocycles. The van der Waals surface area contributed by atoms with E-state index >= 15 is 0 Å². The summed E-state index contributed by atoms with van der Waals surface area (Å²) >= 11 is 0. The van der Waals surface area contributed by atoms with Crippen LogP contribution in [0.4, 0.5) is 0 Å². The number of methoxy groups -OCH3 is 4. The van der Waals surface area contributed by atoms with E-state index in [1.165, 1.54) is 46.7 Å². The van der Waals surface area contributed by atoms with Crippen LogP contribution in [0.5, 0.6) is 0 Å². The summed E-state index contributed by atoms with van der Waals surface area (Å²) in [6.45, 7) is -2.51. The number of rotatable bonds is 29. The Bertz CT molecular complexity index is 3180. The molecule has 5 saturated heterocycles. The molecule has 11 aliphatic rings. The lowest BCUT2D eigenvalue weighted by Gasteiger charge is -2.50. The number of carbonyl (C=O) groups is 4. The van der Waals surface area contributed by atoms with Crippen molar-refractivity contribution in [2.24, 2.45) is 35.5 Å². The maximum Gasteiger partial charge on any atom is 0.330 e. The lowest BCUT2D eigenvalue weighted by Crippen LogP contribution is -2.64. The Hall–Kier alpha value is -4.32. The predicted molar refractivity (Wildman–Crippen MR) is 388 cm³/mol. The zero-order chi connectivity index (χ0) is 82.6. The van der Waals surface area contributed by atoms with Gasteiger partial charge in [-0.25, -0.2) is 19.2 Å². The molecule has 5 heterocycles. The third-order valence-electron chi connectivity index (χ3n) is 25.0. The van der Waals surface area contributed by atoms with Crippen molar-refractivity contribution < 1.29 is 181 Å². The first-order chi connectivity index (χ1) is 55.0. The average molecular weight is 1650 g/mol. The fraction of sp³-hybridized carbons (Fsp3) is 0.846. The van der Waals surface area contributed by atoms with Crippen molar-refractivity contribution in [1.82, 2.24) is 0 Å². The fourth-order valence-corrected chi connectivity index (χ4v) is 18.0. The van der Waals surface area contributed by atoms with Gasteiger partial charge in [-0.15, -0.1) is 0 Å². The maximum absolute atomic E-state index is 13.6. The van der Waals surface area contributed by atoms with Gasteiger partial charge in [-0.05, 0) is 126 Å². The summed E-state index contributed by atoms with van der Waals surface area (Å²) in [4.78, 5) is 52.8. The van der Waals surface area contributed by atoms with Crippen molar-refractivity contribution in [2.75, 3.05) is 54.9 Å². The van der Waals surface area contributed by atoms with E-state index in [9.17, 15) is 101 Å². The van der Waals surface area contributed by atoms with E-state index in [4.69, 9.17) is 80.5 Å². The molecule has 0 aromatic rings. The van der Waals surface area contributed by atoms with E-state index in [1.54, 1.807) is 24.3 Å². The van der Waals surface area contributed by atoms with Crippen molar-refractivity contribution in [1.29, 1.82) is 0 Å². The molecule has 40 atom stereocenters. The van der Waals surface area contributed by atoms with E-state index in [2.05, 4.69) is 0 Å². The lowest BCUT2D eigenvalue weighted by molar-refractivity contribution is -0.366. The van der Waals surface area contributed by atoms with Crippen LogP contribution in [-0.4, -0.2) is 373 Å². The molecule has 11 rings (SSSR count). The Morgan fingerprint density at radius 1 is 0.339 bits per heavy atom. The van der Waals surface area contributed by atoms with Crippen LogP contribution in [0.1, 0.15) is 116 Å². The quantitative estimate of drug-likeness (QED) is 0.0146. The van der Waals surface area contributed by atoms with E-state index < -0.39 is 270 Å². The third kappa shape index (κ3) is 23.5. The normalized spacial score (nSPS) is 46.2. The van der Waals surface area contributed by atoms with Gasteiger partial charge in [0.05, 0.1) is 85.8 Å². The van der Waals surface area contributed by atoms with Gasteiger partial charge >= 0.3 is 23.9 Å². The number of allylic oxidation sites excluding steroid dienone is 4. The number of esters is 4. The average Bonchev–Trinajstić information content (AvgIpc) is 0.971. The molecule has 115 heavy (non-hydrogen) atoms. The SMILES string of the molecule is COC1CC(C=CC(=O)OCC2OC(OC3CC(O)C4CC(OC5OC(COC6OC(COC(=O)C=CC7CCC(O)C(OC)C7)C(O)C6OC(=O)C=CC6CCC(O)C(OC)C6)C(O)C(O)C5O)C(C5CCC(O)C(OC6OC(COC(=O)C=CC7CCC(O)C(OC)C7)C(O)C(O)C6O)C5)[OH+]C4C3)C(O)C(O)C2O)CCC1O. The number of aliphatic hydroxyl groups is 18. The molecule has 0 radical (unpaired) electrons. The van der Waals surface area contributed by atoms with Gasteiger partial charge in [0.1, 0.15) is 111 Å². The number of aliphatic hydroxyl groups excluding tert-OH is 16. The minimum atomic E-state index is -2.03. The second-order valence-corrected chi connectivity index (χ2v) is 32.7. The minimum Gasteiger partial charge on any atom is -0.460 e. The van der Waals surface area contributed by atoms with Crippen LogP contribution in [0.15, 0.2) is 48.6 Å². The second kappa shape index (κ2) is 42.5. The van der Waals surface area contributed by atoms with Crippen molar-refractivity contribution in [2.45, 2.75) is 324 Å². The van der Waals surface area contributed by atoms with Crippen LogP contribution in [0.25, 0.3) is 0 Å². The summed E-state index contributed by atoms with van der Waals surface area (Å²) < 4.78 is 98.8. The highest BCUT2D eigenvalue weighted by Gasteiger charge is 2.58. The van der Waals surface area contributed by atoms with Gasteiger partial charge < -0.3 is 162 Å². The first-order valence-corrected chi connectivity index (χ1v) is 40.4. The van der Waals surface area contributed by atoms with E-state index in [0.717, 1.165) is 6.08 Å². The van der Waals surface area contributed by atoms with Crippen LogP contribution in [-0.2, 0) is 95.0 Å². The molecule has 37 heteroatoms. The number of ether oxygens (including phenoxy) is 17. The largest absolute Gasteiger partial charge is 0.460 e. The number of hydrogen-bond donors (Lipinski definition) is 16. The molecule has 0 spiro atoms. The Morgan fingerprint density at radius 3 is 1.11 bits per heavy atom. The van der Waals surface area contributed by atoms with E-state index in [0.29, 0.717) is 77.0 Å². The molecule has 6 saturated carbocycles. The predicted octanol–water partition coefficient (Wildman–Crippen LogP) is -4.26. The molecule has 0 aromatic carbocycles. The minimum absolute atomic E-state index is 0.00175. The molecule has 40 unspecified atom stereocenters. The van der Waals surface area contributed by atoms with Crippen molar-refractivity contribution in [3.8, 4) is 0 Å². The summed E-state index contributed by atoms with van der Waals surface area (Å²) in [5.74, 6) is -5.39. The Morgan fingerprint density at radius 2 is 0.696 bits per heavy atom. The third-order valence-corrected chi connectivity index (χ3v) is 25.0. The Kier molecular flexibility index (Phi) is 33.8. The number of hydrogen-bond acceptors (Lipinski definition) is 36. The van der Waals surface area contributed by atoms with Crippen molar-refractivity contribution in [3.05, 3.63) is 48.6 Å². The van der Waals surface area contributed by atoms with Gasteiger partial charge in [0.2, 0.25) is 0 Å². The van der Waals surface area contributed by atoms with Gasteiger partial charge in [0.25, 0.3) is 0 Å². The summed E-state index contributed by atoms with van der Waals surface area (Å²) in [6.07, 6.45) is -28.6. The monoisotopic (exact) mass is 1650 g/mol. The highest BCUT2D eigenvalue weighted by molar-refractivity contribution is 5.83. The molecular formula is C78H121O37+. The summed E-state index contributed by atoms with van der Waals surface area (Å²) in [6, 6.07) is 0. The van der Waals surface area contributed by atoms with Crippen LogP contribution < -0.4 is 0 Å². The molecule has 37 nitrogen and oxygen atoms in total. The standard InChI is InChI=1S/C78H120O37/c1-99-49-23-35(5-14-42(49)79)9-19-59(85)103-31-55-63(89)67(93)70(96)75(111-55)107-40-28-47(84)41-30-54(73(108-48(41)29-40)39-13-18-46(83)53(27-39)109-76-71(97)68(94)64(90)56(112-76)32-104-60(86)20-10-36-6-15-43(80)50(24-36)100-2)110-77-72(98)69(95)65(91)57(113-77)34-106-78-74(115-62(88)22-12-38-8-17-45(82)52(26-38)102-4)66(92)58(114-78)33-105-61(87)21-11-37-7-16-44(81)51(25-37)101-3/h9-12,19-22,35-58,63-84,89-98H,5-8,13-18,23-34H2,1-4H3/p+1. The Labute approximate surface area is 665 Å². The molecule has 654 valence electrons. The molecular weight excluding hydrogens is 1530 g/mol. The molecule has 11 fully saturated rings. The van der Waals surface area contributed by atoms with Crippen LogP contribution in [0, 0.1) is 35.5 Å². The first kappa shape index (κ1) is 91.4. The zero-order valence-corrected chi connectivity index (χ0v) is 65.0. The van der Waals surface area contributed by atoms with Gasteiger partial charge in [0.15, 0.2) is 43.5 Å². The zero-order valence-electron chi connectivity index (χ0n) is 65.0. The van der Waals surface area contributed by atoms with Gasteiger partial charge in [-0.3, -0.25) is 0 Å². The number of carbonyl (C=O) groups excluding carboxylic acids is 4. The number of fused-ring (bicyclic) bond motifs is 1. The van der Waals surface area contributed by atoms with Crippen molar-refractivity contribution in [3.63, 3.8) is 0 Å². The van der Waals surface area contributed by atoms with Gasteiger partial charge in [-0.2, -0.15) is 0 Å². The summed E-state index contributed by atoms with van der Waals surface area (Å²) in [7, 11) is 5.91. The van der Waals surface area contributed by atoms with Crippen LogP contribution >= 0.6 is 0 Å². The van der Waals surface area contributed by atoms with E-state index in [-0.39, 0.29) is 62.2 Å². The highest BCUT2D eigenvalue weighted by atomic mass is 16.8. The smallest absolute Gasteiger partial charge is 0.330 e. The molecule has 0 amide bonds. The van der Waals surface area contributed by atoms with Crippen molar-refractivity contribution >= 4 is 23.9 Å². The first-order valence-electron chi connectivity index (χ1n) is 40.4. The molecule has 5 aliphatic heterocycles. The van der Waals surface area contributed by atoms with Gasteiger partial charge in [0, 0.05) is 71.5 Å². The summed E-state index contributed by atoms with van der Waals surface area (Å²) in [5.41, 5.74) is 0. The van der Waals surface area contributed by atoms with E-state index in [1.807, 2.05) is 0 Å². The summed E-state index contributed by atoms with van der Waals surface area (Å²) in [5, 5.41) is 179. The fourth-order valence-electron chi connectivity index (χ4n) is 18.0.